The van der Waals surface area contributed by atoms with Crippen molar-refractivity contribution in [2.75, 3.05) is 6.61 Å². The normalized spacial score (nSPS) is 13.2. The van der Waals surface area contributed by atoms with Crippen molar-refractivity contribution in [2.24, 2.45) is 5.73 Å². The molecule has 0 radical (unpaired) electrons. The number of fused-ring (bicyclic) bond motifs is 1. The third kappa shape index (κ3) is 2.06. The molecule has 0 amide bonds. The van der Waals surface area contributed by atoms with Gasteiger partial charge >= 0.3 is 0 Å². The third-order valence-corrected chi connectivity index (χ3v) is 3.12. The zero-order valence-corrected chi connectivity index (χ0v) is 10.6. The van der Waals surface area contributed by atoms with Gasteiger partial charge < -0.3 is 15.4 Å². The van der Waals surface area contributed by atoms with Gasteiger partial charge in [-0.3, -0.25) is 0 Å². The largest absolute Gasteiger partial charge is 0.395 e. The minimum Gasteiger partial charge on any atom is -0.395 e. The first-order valence-electron chi connectivity index (χ1n) is 5.88. The van der Waals surface area contributed by atoms with E-state index in [1.54, 1.807) is 0 Å². The Morgan fingerprint density at radius 1 is 1.35 bits per heavy atom. The first-order valence-corrected chi connectivity index (χ1v) is 5.88. The van der Waals surface area contributed by atoms with Gasteiger partial charge in [-0.25, -0.2) is 4.98 Å². The first kappa shape index (κ1) is 12.1. The Morgan fingerprint density at radius 3 is 2.59 bits per heavy atom. The quantitative estimate of drug-likeness (QED) is 0.847. The van der Waals surface area contributed by atoms with E-state index < -0.39 is 0 Å². The Bertz CT molecular complexity index is 543. The molecule has 0 bridgehead atoms. The Morgan fingerprint density at radius 2 is 2.00 bits per heavy atom. The molecule has 1 atom stereocenters. The van der Waals surface area contributed by atoms with E-state index in [9.17, 15) is 0 Å². The van der Waals surface area contributed by atoms with E-state index in [1.807, 2.05) is 11.5 Å². The van der Waals surface area contributed by atoms with Crippen molar-refractivity contribution in [2.45, 2.75) is 33.4 Å². The van der Waals surface area contributed by atoms with E-state index in [2.05, 4.69) is 31.0 Å². The van der Waals surface area contributed by atoms with Crippen LogP contribution in [0.15, 0.2) is 12.1 Å². The molecule has 0 aliphatic carbocycles. The topological polar surface area (TPSA) is 64.1 Å². The summed E-state index contributed by atoms with van der Waals surface area (Å²) in [5.41, 5.74) is 10.4. The monoisotopic (exact) mass is 233 g/mol. The highest BCUT2D eigenvalue weighted by Gasteiger charge is 2.14. The number of nitrogens with two attached hydrogens (primary N) is 1. The average Bonchev–Trinajstić information content (AvgIpc) is 2.59. The molecular formula is C13H19N3O. The van der Waals surface area contributed by atoms with Crippen LogP contribution in [-0.2, 0) is 6.54 Å². The Balaban J connectivity index is 2.71. The number of aryl methyl sites for hydroxylation is 2. The molecule has 0 aliphatic heterocycles. The van der Waals surface area contributed by atoms with Crippen molar-refractivity contribution in [3.8, 4) is 0 Å². The molecule has 1 aromatic carbocycles. The van der Waals surface area contributed by atoms with Gasteiger partial charge in [0.1, 0.15) is 5.82 Å². The predicted molar refractivity (Wildman–Crippen MR) is 68.9 cm³/mol. The van der Waals surface area contributed by atoms with Crippen LogP contribution in [0.5, 0.6) is 0 Å². The van der Waals surface area contributed by atoms with E-state index in [4.69, 9.17) is 10.8 Å². The van der Waals surface area contributed by atoms with Gasteiger partial charge in [0.15, 0.2) is 0 Å². The highest BCUT2D eigenvalue weighted by atomic mass is 16.3. The van der Waals surface area contributed by atoms with Crippen molar-refractivity contribution < 1.29 is 5.11 Å². The van der Waals surface area contributed by atoms with Gasteiger partial charge in [-0.1, -0.05) is 0 Å². The van der Waals surface area contributed by atoms with E-state index in [0.29, 0.717) is 6.54 Å². The minimum absolute atomic E-state index is 0.0953. The van der Waals surface area contributed by atoms with Crippen LogP contribution in [0, 0.1) is 13.8 Å². The maximum absolute atomic E-state index is 9.14. The molecule has 0 fully saturated rings. The molecule has 0 saturated carbocycles. The number of aliphatic hydroxyl groups is 1. The summed E-state index contributed by atoms with van der Waals surface area (Å²) >= 11 is 0. The summed E-state index contributed by atoms with van der Waals surface area (Å²) in [5.74, 6) is 0.832. The molecule has 1 unspecified atom stereocenters. The van der Waals surface area contributed by atoms with Crippen LogP contribution in [-0.4, -0.2) is 21.3 Å². The molecule has 0 saturated heterocycles. The summed E-state index contributed by atoms with van der Waals surface area (Å²) in [7, 11) is 0. The molecule has 1 aromatic heterocycles. The van der Waals surface area contributed by atoms with Crippen molar-refractivity contribution in [1.29, 1.82) is 0 Å². The zero-order chi connectivity index (χ0) is 12.6. The number of rotatable bonds is 3. The van der Waals surface area contributed by atoms with Gasteiger partial charge in [0, 0.05) is 6.54 Å². The molecule has 17 heavy (non-hydrogen) atoms. The van der Waals surface area contributed by atoms with Crippen LogP contribution in [0.1, 0.15) is 29.9 Å². The van der Waals surface area contributed by atoms with Gasteiger partial charge in [-0.15, -0.1) is 0 Å². The highest BCUT2D eigenvalue weighted by molar-refractivity contribution is 5.78. The molecule has 1 heterocycles. The lowest BCUT2D eigenvalue weighted by molar-refractivity contribution is 0.275. The van der Waals surface area contributed by atoms with Crippen molar-refractivity contribution >= 4 is 11.0 Å². The second-order valence-electron chi connectivity index (χ2n) is 4.56. The van der Waals surface area contributed by atoms with E-state index in [1.165, 1.54) is 11.1 Å². The number of benzene rings is 1. The lowest BCUT2D eigenvalue weighted by Crippen LogP contribution is -2.15. The van der Waals surface area contributed by atoms with Gasteiger partial charge in [-0.2, -0.15) is 0 Å². The minimum atomic E-state index is -0.130. The predicted octanol–water partition coefficient (Wildman–Crippen LogP) is 1.67. The number of aromatic nitrogens is 2. The zero-order valence-electron chi connectivity index (χ0n) is 10.6. The van der Waals surface area contributed by atoms with E-state index in [-0.39, 0.29) is 12.6 Å². The Labute approximate surface area is 101 Å². The lowest BCUT2D eigenvalue weighted by Gasteiger charge is -2.10. The van der Waals surface area contributed by atoms with Crippen LogP contribution in [0.4, 0.5) is 0 Å². The third-order valence-electron chi connectivity index (χ3n) is 3.12. The second kappa shape index (κ2) is 4.47. The molecule has 2 rings (SSSR count). The van der Waals surface area contributed by atoms with Gasteiger partial charge in [0.2, 0.25) is 0 Å². The highest BCUT2D eigenvalue weighted by Crippen LogP contribution is 2.23. The van der Waals surface area contributed by atoms with Crippen molar-refractivity contribution in [3.63, 3.8) is 0 Å². The van der Waals surface area contributed by atoms with Crippen LogP contribution in [0.25, 0.3) is 11.0 Å². The fourth-order valence-corrected chi connectivity index (χ4v) is 2.08. The summed E-state index contributed by atoms with van der Waals surface area (Å²) in [5, 5.41) is 9.14. The molecule has 4 nitrogen and oxygen atoms in total. The average molecular weight is 233 g/mol. The number of hydrogen-bond acceptors (Lipinski definition) is 3. The van der Waals surface area contributed by atoms with Gasteiger partial charge in [0.05, 0.1) is 23.7 Å². The maximum atomic E-state index is 9.14. The molecule has 0 aliphatic rings. The fourth-order valence-electron chi connectivity index (χ4n) is 2.08. The molecular weight excluding hydrogens is 214 g/mol. The van der Waals surface area contributed by atoms with Gasteiger partial charge in [-0.05, 0) is 44.0 Å². The molecule has 92 valence electrons. The molecule has 4 heteroatoms. The summed E-state index contributed by atoms with van der Waals surface area (Å²) < 4.78 is 2.01. The van der Waals surface area contributed by atoms with Crippen molar-refractivity contribution in [3.05, 3.63) is 29.1 Å². The van der Waals surface area contributed by atoms with E-state index >= 15 is 0 Å². The van der Waals surface area contributed by atoms with Crippen molar-refractivity contribution in [1.82, 2.24) is 9.55 Å². The summed E-state index contributed by atoms with van der Waals surface area (Å²) in [6, 6.07) is 4.05. The number of nitrogens with zero attached hydrogens (tertiary/aromatic N) is 2. The summed E-state index contributed by atoms with van der Waals surface area (Å²) in [6.07, 6.45) is 0. The van der Waals surface area contributed by atoms with Crippen LogP contribution in [0.2, 0.25) is 0 Å². The SMILES string of the molecule is Cc1cc2nc(C(C)N)n(CCO)c2cc1C. The standard InChI is InChI=1S/C13H19N3O/c1-8-6-11-12(7-9(8)2)16(4-5-17)13(15-11)10(3)14/h6-7,10,17H,4-5,14H2,1-3H3. The number of aliphatic hydroxyl groups excluding tert-OH is 1. The molecule has 2 aromatic rings. The Kier molecular flexibility index (Phi) is 3.17. The smallest absolute Gasteiger partial charge is 0.126 e. The van der Waals surface area contributed by atoms with Gasteiger partial charge in [0.25, 0.3) is 0 Å². The van der Waals surface area contributed by atoms with Crippen LogP contribution >= 0.6 is 0 Å². The number of hydrogen-bond donors (Lipinski definition) is 2. The first-order chi connectivity index (χ1) is 8.04. The van der Waals surface area contributed by atoms with Crippen LogP contribution in [0.3, 0.4) is 0 Å². The maximum Gasteiger partial charge on any atom is 0.126 e. The molecule has 3 N–H and O–H groups in total. The lowest BCUT2D eigenvalue weighted by atomic mass is 10.1. The summed E-state index contributed by atoms with van der Waals surface area (Å²) in [4.78, 5) is 4.56. The summed E-state index contributed by atoms with van der Waals surface area (Å²) in [6.45, 7) is 6.70. The van der Waals surface area contributed by atoms with E-state index in [0.717, 1.165) is 16.9 Å². The van der Waals surface area contributed by atoms with Crippen LogP contribution < -0.4 is 5.73 Å². The number of imidazole rings is 1. The Hall–Kier alpha value is -1.39. The molecule has 0 spiro atoms. The second-order valence-corrected chi connectivity index (χ2v) is 4.56. The fraction of sp³-hybridized carbons (Fsp3) is 0.462.